The Morgan fingerprint density at radius 2 is 1.92 bits per heavy atom. The van der Waals surface area contributed by atoms with E-state index in [0.717, 1.165) is 5.56 Å². The molecule has 1 heterocycles. The molecular weight excluding hydrogens is 774 g/mol. The largest absolute Gasteiger partial charge is 0.495 e. The van der Waals surface area contributed by atoms with E-state index in [-0.39, 0.29) is 18.7 Å². The van der Waals surface area contributed by atoms with Gasteiger partial charge < -0.3 is 24.7 Å². The summed E-state index contributed by atoms with van der Waals surface area (Å²) in [5.74, 6) is 0.587. The van der Waals surface area contributed by atoms with E-state index in [4.69, 9.17) is 18.9 Å². The number of aliphatic hydroxyl groups is 1. The molecule has 1 aliphatic heterocycles. The van der Waals surface area contributed by atoms with Crippen LogP contribution in [0.4, 0.5) is 0 Å². The second-order valence-electron chi connectivity index (χ2n) is 8.00. The van der Waals surface area contributed by atoms with E-state index >= 15 is 0 Å². The van der Waals surface area contributed by atoms with Gasteiger partial charge in [-0.25, -0.2) is 0 Å². The van der Waals surface area contributed by atoms with Crippen LogP contribution in [0.5, 0.6) is 5.75 Å². The quantitative estimate of drug-likeness (QED) is 0.196. The standard InChI is InChI=1S/C21H23Br4N3O8S/c1-34-18-14(24)9-21(19(29)16(18)25)10-15(28-36-21)20(30)26-4-2-6-35-17-12(22)7-11(8-13(17)23)3-5-27-37(31,32)33/h7-9,19,27,29H,2-6,10H2,1H3,(H,26,30)(H,31,32,33)/t19-,21+/m0/s1. The number of methoxy groups -OCH3 is 1. The third-order valence-corrected chi connectivity index (χ3v) is 8.48. The van der Waals surface area contributed by atoms with Crippen LogP contribution in [0, 0.1) is 0 Å². The molecule has 0 bridgehead atoms. The first-order chi connectivity index (χ1) is 17.4. The first kappa shape index (κ1) is 30.5. The van der Waals surface area contributed by atoms with Crippen molar-refractivity contribution in [3.63, 3.8) is 0 Å². The molecule has 1 spiro atoms. The topological polar surface area (TPSA) is 156 Å². The molecule has 16 heteroatoms. The van der Waals surface area contributed by atoms with Gasteiger partial charge in [0, 0.05) is 19.5 Å². The van der Waals surface area contributed by atoms with E-state index in [9.17, 15) is 18.3 Å². The van der Waals surface area contributed by atoms with Crippen molar-refractivity contribution < 1.29 is 37.2 Å². The summed E-state index contributed by atoms with van der Waals surface area (Å²) < 4.78 is 45.7. The van der Waals surface area contributed by atoms with Crippen molar-refractivity contribution in [3.8, 4) is 5.75 Å². The number of amides is 1. The van der Waals surface area contributed by atoms with Gasteiger partial charge in [0.25, 0.3) is 5.91 Å². The Hall–Kier alpha value is -1.01. The van der Waals surface area contributed by atoms with E-state index in [0.29, 0.717) is 55.4 Å². The lowest BCUT2D eigenvalue weighted by atomic mass is 9.87. The third-order valence-electron chi connectivity index (χ3n) is 5.35. The molecule has 0 aromatic heterocycles. The maximum absolute atomic E-state index is 12.6. The summed E-state index contributed by atoms with van der Waals surface area (Å²) in [7, 11) is -2.76. The summed E-state index contributed by atoms with van der Waals surface area (Å²) in [6.45, 7) is 0.669. The molecule has 0 saturated carbocycles. The number of carbonyl (C=O) groups excluding carboxylic acids is 1. The Bertz CT molecular complexity index is 1230. The predicted molar refractivity (Wildman–Crippen MR) is 150 cm³/mol. The van der Waals surface area contributed by atoms with Gasteiger partial charge in [0.1, 0.15) is 23.3 Å². The average Bonchev–Trinajstić information content (AvgIpc) is 3.23. The maximum atomic E-state index is 12.6. The number of aliphatic hydroxyl groups excluding tert-OH is 1. The first-order valence-corrected chi connectivity index (χ1v) is 15.3. The zero-order valence-electron chi connectivity index (χ0n) is 19.3. The van der Waals surface area contributed by atoms with Gasteiger partial charge in [-0.2, -0.15) is 13.1 Å². The average molecular weight is 797 g/mol. The number of ether oxygens (including phenoxy) is 2. The number of halogens is 4. The minimum atomic E-state index is -4.24. The number of hydrogen-bond acceptors (Lipinski definition) is 8. The number of nitrogens with zero attached hydrogens (tertiary/aromatic N) is 1. The van der Waals surface area contributed by atoms with Gasteiger partial charge in [0.05, 0.1) is 31.6 Å². The van der Waals surface area contributed by atoms with Gasteiger partial charge in [-0.05, 0) is 100 Å². The zero-order valence-corrected chi connectivity index (χ0v) is 26.4. The Morgan fingerprint density at radius 1 is 1.24 bits per heavy atom. The van der Waals surface area contributed by atoms with Gasteiger partial charge in [-0.3, -0.25) is 9.35 Å². The molecule has 0 unspecified atom stereocenters. The summed E-state index contributed by atoms with van der Waals surface area (Å²) in [4.78, 5) is 18.1. The van der Waals surface area contributed by atoms with Crippen molar-refractivity contribution in [1.82, 2.24) is 10.0 Å². The minimum Gasteiger partial charge on any atom is -0.495 e. The van der Waals surface area contributed by atoms with Crippen LogP contribution in [0.15, 0.2) is 47.0 Å². The molecule has 1 aromatic rings. The highest BCUT2D eigenvalue weighted by Gasteiger charge is 2.50. The number of nitrogens with one attached hydrogen (secondary N) is 2. The Balaban J connectivity index is 1.45. The van der Waals surface area contributed by atoms with Crippen molar-refractivity contribution in [3.05, 3.63) is 47.4 Å². The zero-order chi connectivity index (χ0) is 27.4. The maximum Gasteiger partial charge on any atom is 0.333 e. The molecule has 11 nitrogen and oxygen atoms in total. The Labute approximate surface area is 247 Å². The number of allylic oxidation sites excluding steroid dienone is 1. The van der Waals surface area contributed by atoms with E-state index in [1.165, 1.54) is 7.11 Å². The summed E-state index contributed by atoms with van der Waals surface area (Å²) in [5.41, 5.74) is -0.247. The fourth-order valence-corrected chi connectivity index (χ4v) is 7.25. The molecule has 37 heavy (non-hydrogen) atoms. The van der Waals surface area contributed by atoms with Crippen LogP contribution in [0.1, 0.15) is 18.4 Å². The van der Waals surface area contributed by atoms with E-state index in [1.807, 2.05) is 4.72 Å². The molecular formula is C21H23Br4N3O8S. The van der Waals surface area contributed by atoms with Crippen LogP contribution in [-0.4, -0.2) is 68.2 Å². The van der Waals surface area contributed by atoms with E-state index in [1.54, 1.807) is 18.2 Å². The molecule has 0 radical (unpaired) electrons. The third kappa shape index (κ3) is 7.77. The smallest absolute Gasteiger partial charge is 0.333 e. The molecule has 204 valence electrons. The normalized spacial score (nSPS) is 21.4. The molecule has 1 amide bonds. The van der Waals surface area contributed by atoms with Gasteiger partial charge in [0.2, 0.25) is 0 Å². The fourth-order valence-electron chi connectivity index (χ4n) is 3.59. The van der Waals surface area contributed by atoms with Crippen LogP contribution in [0.25, 0.3) is 0 Å². The van der Waals surface area contributed by atoms with Crippen molar-refractivity contribution in [1.29, 1.82) is 0 Å². The molecule has 4 N–H and O–H groups in total. The highest BCUT2D eigenvalue weighted by molar-refractivity contribution is 9.12. The highest BCUT2D eigenvalue weighted by Crippen LogP contribution is 2.44. The second-order valence-corrected chi connectivity index (χ2v) is 12.7. The number of benzene rings is 1. The number of rotatable bonds is 11. The molecule has 2 aliphatic rings. The predicted octanol–water partition coefficient (Wildman–Crippen LogP) is 3.45. The van der Waals surface area contributed by atoms with Gasteiger partial charge >= 0.3 is 10.3 Å². The summed E-state index contributed by atoms with van der Waals surface area (Å²) in [6, 6.07) is 3.58. The molecule has 1 aromatic carbocycles. The van der Waals surface area contributed by atoms with Crippen LogP contribution in [-0.2, 0) is 31.1 Å². The Morgan fingerprint density at radius 3 is 2.54 bits per heavy atom. The molecule has 1 aliphatic carbocycles. The van der Waals surface area contributed by atoms with E-state index < -0.39 is 27.9 Å². The van der Waals surface area contributed by atoms with Crippen molar-refractivity contribution in [2.75, 3.05) is 26.8 Å². The monoisotopic (exact) mass is 793 g/mol. The van der Waals surface area contributed by atoms with Crippen LogP contribution >= 0.6 is 63.7 Å². The summed E-state index contributed by atoms with van der Waals surface area (Å²) in [6.07, 6.45) is 1.47. The summed E-state index contributed by atoms with van der Waals surface area (Å²) >= 11 is 13.6. The lowest BCUT2D eigenvalue weighted by Gasteiger charge is -2.33. The fraction of sp³-hybridized carbons (Fsp3) is 0.429. The molecule has 0 fully saturated rings. The highest BCUT2D eigenvalue weighted by atomic mass is 79.9. The van der Waals surface area contributed by atoms with Crippen LogP contribution < -0.4 is 14.8 Å². The van der Waals surface area contributed by atoms with Crippen LogP contribution in [0.2, 0.25) is 0 Å². The number of hydrogen-bond donors (Lipinski definition) is 4. The van der Waals surface area contributed by atoms with Crippen molar-refractivity contribution >= 4 is 85.6 Å². The second kappa shape index (κ2) is 12.9. The lowest BCUT2D eigenvalue weighted by molar-refractivity contribution is -0.114. The lowest BCUT2D eigenvalue weighted by Crippen LogP contribution is -2.45. The number of oxime groups is 1. The SMILES string of the molecule is COC1=C(Br)[C@H](O)[C@@]2(C=C1Br)CC(C(=O)NCCCOc1c(Br)cc(CCNS(=O)(=O)O)cc1Br)=NO2. The Kier molecular flexibility index (Phi) is 10.6. The molecule has 0 saturated heterocycles. The number of carbonyl (C=O) groups is 1. The van der Waals surface area contributed by atoms with Crippen molar-refractivity contribution in [2.45, 2.75) is 31.0 Å². The van der Waals surface area contributed by atoms with Crippen molar-refractivity contribution in [2.24, 2.45) is 5.16 Å². The summed E-state index contributed by atoms with van der Waals surface area (Å²) in [5, 5.41) is 17.4. The van der Waals surface area contributed by atoms with Gasteiger partial charge in [-0.15, -0.1) is 0 Å². The first-order valence-electron chi connectivity index (χ1n) is 10.7. The van der Waals surface area contributed by atoms with Gasteiger partial charge in [0.15, 0.2) is 5.60 Å². The van der Waals surface area contributed by atoms with Gasteiger partial charge in [-0.1, -0.05) is 5.16 Å². The van der Waals surface area contributed by atoms with E-state index in [2.05, 4.69) is 74.2 Å². The minimum absolute atomic E-state index is 0.0454. The molecule has 3 rings (SSSR count). The molecule has 2 atom stereocenters. The van der Waals surface area contributed by atoms with Crippen LogP contribution in [0.3, 0.4) is 0 Å².